The van der Waals surface area contributed by atoms with Crippen molar-refractivity contribution in [2.75, 3.05) is 6.54 Å². The Bertz CT molecular complexity index is 463. The Kier molecular flexibility index (Phi) is 4.19. The zero-order chi connectivity index (χ0) is 13.8. The monoisotopic (exact) mass is 266 g/mol. The van der Waals surface area contributed by atoms with Crippen LogP contribution in [0.25, 0.3) is 0 Å². The first-order chi connectivity index (χ1) is 9.06. The zero-order valence-corrected chi connectivity index (χ0v) is 11.1. The Morgan fingerprint density at radius 3 is 2.89 bits per heavy atom. The number of hydrogen-bond acceptors (Lipinski definition) is 5. The summed E-state index contributed by atoms with van der Waals surface area (Å²) < 4.78 is 10.0. The highest BCUT2D eigenvalue weighted by molar-refractivity contribution is 5.92. The molecule has 1 amide bonds. The van der Waals surface area contributed by atoms with Crippen molar-refractivity contribution in [3.8, 4) is 0 Å². The van der Waals surface area contributed by atoms with Gasteiger partial charge in [-0.3, -0.25) is 9.59 Å². The Morgan fingerprint density at radius 2 is 2.26 bits per heavy atom. The van der Waals surface area contributed by atoms with Crippen LogP contribution in [0, 0.1) is 0 Å². The lowest BCUT2D eigenvalue weighted by Gasteiger charge is -2.07. The molecule has 1 aromatic heterocycles. The summed E-state index contributed by atoms with van der Waals surface area (Å²) in [6.07, 6.45) is 2.20. The van der Waals surface area contributed by atoms with E-state index in [0.717, 1.165) is 18.6 Å². The third-order valence-corrected chi connectivity index (χ3v) is 2.72. The normalized spacial score (nSPS) is 14.5. The Hall–Kier alpha value is -1.85. The van der Waals surface area contributed by atoms with Gasteiger partial charge in [-0.2, -0.15) is 0 Å². The number of carbonyl (C=O) groups is 2. The number of ether oxygens (including phenoxy) is 1. The number of rotatable bonds is 6. The molecule has 1 aromatic rings. The molecule has 1 saturated carbocycles. The average Bonchev–Trinajstić information content (AvgIpc) is 3.06. The van der Waals surface area contributed by atoms with Gasteiger partial charge in [0.05, 0.1) is 12.5 Å². The van der Waals surface area contributed by atoms with E-state index < -0.39 is 0 Å². The molecule has 0 bridgehead atoms. The lowest BCUT2D eigenvalue weighted by molar-refractivity contribution is -0.147. The third kappa shape index (κ3) is 4.08. The molecular formula is C13H18N2O4. The van der Waals surface area contributed by atoms with E-state index in [1.54, 1.807) is 19.9 Å². The van der Waals surface area contributed by atoms with E-state index in [4.69, 9.17) is 9.26 Å². The summed E-state index contributed by atoms with van der Waals surface area (Å²) in [4.78, 5) is 23.0. The van der Waals surface area contributed by atoms with Crippen molar-refractivity contribution in [1.82, 2.24) is 10.5 Å². The molecule has 1 aliphatic carbocycles. The number of hydrogen-bond donors (Lipinski definition) is 1. The highest BCUT2D eigenvalue weighted by Crippen LogP contribution is 2.40. The zero-order valence-electron chi connectivity index (χ0n) is 11.1. The molecule has 0 aliphatic heterocycles. The molecule has 1 fully saturated rings. The molecule has 1 aliphatic rings. The van der Waals surface area contributed by atoms with Gasteiger partial charge in [0.2, 0.25) is 0 Å². The van der Waals surface area contributed by atoms with Crippen LogP contribution >= 0.6 is 0 Å². The average molecular weight is 266 g/mol. The van der Waals surface area contributed by atoms with Crippen LogP contribution in [0.5, 0.6) is 0 Å². The molecule has 0 radical (unpaired) electrons. The molecule has 0 spiro atoms. The number of esters is 1. The number of nitrogens with zero attached hydrogens (tertiary/aromatic N) is 1. The third-order valence-electron chi connectivity index (χ3n) is 2.72. The summed E-state index contributed by atoms with van der Waals surface area (Å²) in [6, 6.07) is 1.67. The molecule has 0 saturated heterocycles. The van der Waals surface area contributed by atoms with Gasteiger partial charge in [-0.15, -0.1) is 0 Å². The van der Waals surface area contributed by atoms with Crippen molar-refractivity contribution >= 4 is 11.9 Å². The van der Waals surface area contributed by atoms with Crippen molar-refractivity contribution < 1.29 is 18.8 Å². The van der Waals surface area contributed by atoms with Gasteiger partial charge in [-0.25, -0.2) is 0 Å². The van der Waals surface area contributed by atoms with Crippen LogP contribution in [0.1, 0.15) is 55.3 Å². The lowest BCUT2D eigenvalue weighted by Crippen LogP contribution is -2.27. The van der Waals surface area contributed by atoms with Gasteiger partial charge in [0.1, 0.15) is 5.76 Å². The smallest absolute Gasteiger partial charge is 0.307 e. The minimum absolute atomic E-state index is 0.139. The quantitative estimate of drug-likeness (QED) is 0.791. The fourth-order valence-corrected chi connectivity index (χ4v) is 1.65. The van der Waals surface area contributed by atoms with E-state index in [9.17, 15) is 9.59 Å². The predicted molar refractivity (Wildman–Crippen MR) is 66.7 cm³/mol. The Balaban J connectivity index is 1.72. The van der Waals surface area contributed by atoms with Crippen LogP contribution in [0.3, 0.4) is 0 Å². The first kappa shape index (κ1) is 13.6. The van der Waals surface area contributed by atoms with Gasteiger partial charge < -0.3 is 14.6 Å². The molecule has 2 rings (SSSR count). The lowest BCUT2D eigenvalue weighted by atomic mass is 10.3. The second kappa shape index (κ2) is 5.86. The van der Waals surface area contributed by atoms with E-state index in [1.165, 1.54) is 0 Å². The first-order valence-electron chi connectivity index (χ1n) is 6.50. The van der Waals surface area contributed by atoms with Crippen molar-refractivity contribution in [3.63, 3.8) is 0 Å². The topological polar surface area (TPSA) is 81.4 Å². The summed E-state index contributed by atoms with van der Waals surface area (Å²) in [7, 11) is 0. The molecule has 0 unspecified atom stereocenters. The molecule has 6 heteroatoms. The largest absolute Gasteiger partial charge is 0.463 e. The summed E-state index contributed by atoms with van der Waals surface area (Å²) in [5.41, 5.74) is 0.263. The summed E-state index contributed by atoms with van der Waals surface area (Å²) in [6.45, 7) is 3.80. The molecule has 104 valence electrons. The van der Waals surface area contributed by atoms with Crippen LogP contribution < -0.4 is 5.32 Å². The molecule has 0 aromatic carbocycles. The van der Waals surface area contributed by atoms with Crippen molar-refractivity contribution in [2.24, 2.45) is 0 Å². The van der Waals surface area contributed by atoms with Crippen LogP contribution in [0.15, 0.2) is 10.6 Å². The Morgan fingerprint density at radius 1 is 1.53 bits per heavy atom. The fraction of sp³-hybridized carbons (Fsp3) is 0.615. The number of amides is 1. The number of aromatic nitrogens is 1. The van der Waals surface area contributed by atoms with E-state index in [2.05, 4.69) is 10.5 Å². The molecule has 1 heterocycles. The molecular weight excluding hydrogens is 248 g/mol. The van der Waals surface area contributed by atoms with E-state index in [1.807, 2.05) is 0 Å². The van der Waals surface area contributed by atoms with Crippen LogP contribution in [-0.2, 0) is 9.53 Å². The minimum Gasteiger partial charge on any atom is -0.463 e. The van der Waals surface area contributed by atoms with Gasteiger partial charge in [-0.1, -0.05) is 5.16 Å². The molecule has 6 nitrogen and oxygen atoms in total. The number of carbonyl (C=O) groups excluding carboxylic acids is 2. The second-order valence-electron chi connectivity index (χ2n) is 4.93. The van der Waals surface area contributed by atoms with Crippen molar-refractivity contribution in [2.45, 2.75) is 45.1 Å². The summed E-state index contributed by atoms with van der Waals surface area (Å²) in [5.74, 6) is 0.543. The molecule has 19 heavy (non-hydrogen) atoms. The SMILES string of the molecule is CC(C)OC(=O)CCNC(=O)c1cc(C2CC2)on1. The minimum atomic E-state index is -0.326. The van der Waals surface area contributed by atoms with Gasteiger partial charge >= 0.3 is 5.97 Å². The fourth-order valence-electron chi connectivity index (χ4n) is 1.65. The molecule has 0 atom stereocenters. The van der Waals surface area contributed by atoms with Gasteiger partial charge in [0, 0.05) is 18.5 Å². The standard InChI is InChI=1S/C13H18N2O4/c1-8(2)18-12(16)5-6-14-13(17)10-7-11(19-15-10)9-3-4-9/h7-9H,3-6H2,1-2H3,(H,14,17). The summed E-state index contributed by atoms with van der Waals surface area (Å²) >= 11 is 0. The second-order valence-corrected chi connectivity index (χ2v) is 4.93. The van der Waals surface area contributed by atoms with Crippen LogP contribution in [-0.4, -0.2) is 29.7 Å². The summed E-state index contributed by atoms with van der Waals surface area (Å²) in [5, 5.41) is 6.33. The van der Waals surface area contributed by atoms with E-state index in [0.29, 0.717) is 5.92 Å². The maximum atomic E-state index is 11.7. The van der Waals surface area contributed by atoms with E-state index in [-0.39, 0.29) is 36.6 Å². The first-order valence-corrected chi connectivity index (χ1v) is 6.50. The van der Waals surface area contributed by atoms with Gasteiger partial charge in [0.15, 0.2) is 5.69 Å². The van der Waals surface area contributed by atoms with Crippen molar-refractivity contribution in [1.29, 1.82) is 0 Å². The van der Waals surface area contributed by atoms with Gasteiger partial charge in [-0.05, 0) is 26.7 Å². The molecule has 1 N–H and O–H groups in total. The number of nitrogens with one attached hydrogen (secondary N) is 1. The van der Waals surface area contributed by atoms with Crippen molar-refractivity contribution in [3.05, 3.63) is 17.5 Å². The maximum Gasteiger partial charge on any atom is 0.307 e. The van der Waals surface area contributed by atoms with Crippen LogP contribution in [0.4, 0.5) is 0 Å². The van der Waals surface area contributed by atoms with Gasteiger partial charge in [0.25, 0.3) is 5.91 Å². The Labute approximate surface area is 111 Å². The highest BCUT2D eigenvalue weighted by atomic mass is 16.5. The predicted octanol–water partition coefficient (Wildman–Crippen LogP) is 1.62. The highest BCUT2D eigenvalue weighted by Gasteiger charge is 2.28. The van der Waals surface area contributed by atoms with E-state index >= 15 is 0 Å². The van der Waals surface area contributed by atoms with Crippen LogP contribution in [0.2, 0.25) is 0 Å². The maximum absolute atomic E-state index is 11.7.